The van der Waals surface area contributed by atoms with Crippen LogP contribution in [0, 0.1) is 31.6 Å². The molecule has 2 aromatic heterocycles. The molecule has 49 heavy (non-hydrogen) atoms. The number of rotatable bonds is 14. The van der Waals surface area contributed by atoms with Crippen molar-refractivity contribution in [2.24, 2.45) is 17.8 Å². The Morgan fingerprint density at radius 1 is 1.10 bits per heavy atom. The van der Waals surface area contributed by atoms with E-state index < -0.39 is 54.0 Å². The molecule has 0 radical (unpaired) electrons. The van der Waals surface area contributed by atoms with E-state index in [1.54, 1.807) is 24.3 Å². The number of methoxy groups -OCH3 is 1. The highest BCUT2D eigenvalue weighted by molar-refractivity contribution is 6.03. The number of hydrogen-bond donors (Lipinski definition) is 2. The summed E-state index contributed by atoms with van der Waals surface area (Å²) in [6.07, 6.45) is -2.15. The van der Waals surface area contributed by atoms with Gasteiger partial charge in [-0.2, -0.15) is 13.2 Å². The van der Waals surface area contributed by atoms with Crippen LogP contribution >= 0.6 is 0 Å². The van der Waals surface area contributed by atoms with Crippen LogP contribution in [0.4, 0.5) is 13.2 Å². The van der Waals surface area contributed by atoms with E-state index in [0.29, 0.717) is 41.6 Å². The number of carbonyl (C=O) groups is 5. The minimum atomic E-state index is -4.71. The number of Topliss-reactive ketones (excluding diaryl/α,β-unsaturated/α-hetero) is 3. The lowest BCUT2D eigenvalue weighted by atomic mass is 9.82. The molecule has 1 aliphatic rings. The molecule has 13 heteroatoms. The molecule has 10 nitrogen and oxygen atoms in total. The Labute approximate surface area is 282 Å². The quantitative estimate of drug-likeness (QED) is 0.145. The first-order valence-electron chi connectivity index (χ1n) is 16.4. The summed E-state index contributed by atoms with van der Waals surface area (Å²) in [5.41, 5.74) is -0.594. The maximum atomic E-state index is 13.8. The third-order valence-corrected chi connectivity index (χ3v) is 8.85. The van der Waals surface area contributed by atoms with E-state index in [1.165, 1.54) is 21.0 Å². The lowest BCUT2D eigenvalue weighted by Crippen LogP contribution is -2.47. The normalized spacial score (nSPS) is 16.3. The first-order chi connectivity index (χ1) is 23.1. The number of ether oxygens (including phenoxy) is 2. The molecule has 0 aliphatic heterocycles. The zero-order valence-electron chi connectivity index (χ0n) is 28.3. The van der Waals surface area contributed by atoms with Gasteiger partial charge in [-0.3, -0.25) is 19.2 Å². The second-order valence-electron chi connectivity index (χ2n) is 13.1. The predicted molar refractivity (Wildman–Crippen MR) is 174 cm³/mol. The Bertz CT molecular complexity index is 1710. The van der Waals surface area contributed by atoms with E-state index in [0.717, 1.165) is 18.9 Å². The van der Waals surface area contributed by atoms with Crippen LogP contribution in [0.1, 0.15) is 96.6 Å². The number of fused-ring (bicyclic) bond motifs is 1. The van der Waals surface area contributed by atoms with Crippen molar-refractivity contribution >= 4 is 40.1 Å². The number of pyridine rings is 1. The van der Waals surface area contributed by atoms with Crippen molar-refractivity contribution in [1.82, 2.24) is 15.3 Å². The molecule has 0 unspecified atom stereocenters. The molecule has 264 valence electrons. The topological polar surface area (TPSA) is 145 Å². The number of alkyl halides is 3. The number of amides is 1. The Morgan fingerprint density at radius 2 is 1.84 bits per heavy atom. The van der Waals surface area contributed by atoms with E-state index in [9.17, 15) is 37.1 Å². The number of nitrogens with one attached hydrogen (secondary N) is 2. The number of H-pyrrole nitrogens is 1. The number of aromatic nitrogens is 2. The minimum absolute atomic E-state index is 0.00892. The van der Waals surface area contributed by atoms with Crippen molar-refractivity contribution in [3.05, 3.63) is 58.5 Å². The van der Waals surface area contributed by atoms with Crippen LogP contribution in [0.15, 0.2) is 30.3 Å². The molecule has 1 saturated carbocycles. The number of aromatic amines is 1. The monoisotopic (exact) mass is 685 g/mol. The molecule has 1 aliphatic carbocycles. The summed E-state index contributed by atoms with van der Waals surface area (Å²) in [5, 5.41) is 3.47. The lowest BCUT2D eigenvalue weighted by Gasteiger charge is -2.27. The number of benzene rings is 1. The number of halogens is 3. The van der Waals surface area contributed by atoms with Gasteiger partial charge in [-0.15, -0.1) is 0 Å². The summed E-state index contributed by atoms with van der Waals surface area (Å²) >= 11 is 0. The van der Waals surface area contributed by atoms with E-state index in [1.807, 2.05) is 13.8 Å². The van der Waals surface area contributed by atoms with Crippen LogP contribution in [-0.2, 0) is 25.3 Å². The molecule has 2 N–H and O–H groups in total. The maximum absolute atomic E-state index is 13.8. The zero-order valence-corrected chi connectivity index (χ0v) is 28.3. The van der Waals surface area contributed by atoms with Crippen molar-refractivity contribution in [2.75, 3.05) is 13.7 Å². The van der Waals surface area contributed by atoms with Gasteiger partial charge >= 0.3 is 12.1 Å². The smallest absolute Gasteiger partial charge is 0.433 e. The van der Waals surface area contributed by atoms with Crippen LogP contribution in [-0.4, -0.2) is 59.0 Å². The Kier molecular flexibility index (Phi) is 12.0. The molecule has 4 rings (SSSR count). The van der Waals surface area contributed by atoms with Crippen LogP contribution < -0.4 is 10.1 Å². The van der Waals surface area contributed by atoms with Gasteiger partial charge in [0, 0.05) is 35.6 Å². The molecule has 1 aromatic carbocycles. The molecule has 2 heterocycles. The third kappa shape index (κ3) is 9.33. The standard InChI is InChI=1S/C36H42F3N3O7/c1-19(2)13-23(16-29(44)27-17-24-25(41-27)10-8-12-31(24)48-5)34(46)42-26(15-22-9-6-7-11-28(22)43)30(45)18-49-35(47)33-20(3)14-32(36(37,38)39)40-21(33)4/h8,10,12,14,17,19,22-23,26,41H,6-7,9,11,13,15-16,18H2,1-5H3,(H,42,46)/t22-,23+,26-/m0/s1. The molecule has 3 atom stereocenters. The summed E-state index contributed by atoms with van der Waals surface area (Å²) in [7, 11) is 1.53. The van der Waals surface area contributed by atoms with Gasteiger partial charge in [0.15, 0.2) is 18.2 Å². The Hall–Kier alpha value is -4.55. The van der Waals surface area contributed by atoms with E-state index >= 15 is 0 Å². The average molecular weight is 686 g/mol. The molecule has 0 saturated heterocycles. The highest BCUT2D eigenvalue weighted by Gasteiger charge is 2.35. The summed E-state index contributed by atoms with van der Waals surface area (Å²) in [6.45, 7) is 5.56. The van der Waals surface area contributed by atoms with Crippen LogP contribution in [0.5, 0.6) is 5.75 Å². The molecule has 0 bridgehead atoms. The fraction of sp³-hybridized carbons (Fsp3) is 0.500. The van der Waals surface area contributed by atoms with Gasteiger partial charge in [0.2, 0.25) is 5.91 Å². The van der Waals surface area contributed by atoms with Crippen molar-refractivity contribution in [3.63, 3.8) is 0 Å². The van der Waals surface area contributed by atoms with Gasteiger partial charge in [0.1, 0.15) is 17.2 Å². The molecule has 1 fully saturated rings. The summed E-state index contributed by atoms with van der Waals surface area (Å²) in [4.78, 5) is 73.0. The number of esters is 1. The Balaban J connectivity index is 1.52. The minimum Gasteiger partial charge on any atom is -0.496 e. The Morgan fingerprint density at radius 3 is 2.47 bits per heavy atom. The summed E-state index contributed by atoms with van der Waals surface area (Å²) < 4.78 is 50.2. The second kappa shape index (κ2) is 15.8. The van der Waals surface area contributed by atoms with Crippen molar-refractivity contribution < 1.29 is 46.6 Å². The number of ketones is 3. The largest absolute Gasteiger partial charge is 0.496 e. The first kappa shape index (κ1) is 37.3. The zero-order chi connectivity index (χ0) is 36.0. The predicted octanol–water partition coefficient (Wildman–Crippen LogP) is 6.50. The second-order valence-corrected chi connectivity index (χ2v) is 13.1. The highest BCUT2D eigenvalue weighted by Crippen LogP contribution is 2.31. The molecule has 3 aromatic rings. The van der Waals surface area contributed by atoms with Gasteiger partial charge in [-0.25, -0.2) is 9.78 Å². The molecular weight excluding hydrogens is 643 g/mol. The number of carbonyl (C=O) groups excluding carboxylic acids is 5. The fourth-order valence-electron chi connectivity index (χ4n) is 6.39. The molecular formula is C36H42F3N3O7. The lowest BCUT2D eigenvalue weighted by molar-refractivity contribution is -0.141. The van der Waals surface area contributed by atoms with Crippen molar-refractivity contribution in [3.8, 4) is 5.75 Å². The van der Waals surface area contributed by atoms with Crippen molar-refractivity contribution in [1.29, 1.82) is 0 Å². The van der Waals surface area contributed by atoms with Gasteiger partial charge in [0.05, 0.1) is 30.1 Å². The van der Waals surface area contributed by atoms with E-state index in [2.05, 4.69) is 15.3 Å². The van der Waals surface area contributed by atoms with E-state index in [-0.39, 0.29) is 47.1 Å². The fourth-order valence-corrected chi connectivity index (χ4v) is 6.39. The summed E-state index contributed by atoms with van der Waals surface area (Å²) in [6, 6.07) is 6.56. The number of aryl methyl sites for hydroxylation is 2. The van der Waals surface area contributed by atoms with Crippen molar-refractivity contribution in [2.45, 2.75) is 84.9 Å². The molecule has 1 amide bonds. The van der Waals surface area contributed by atoms with Gasteiger partial charge in [-0.1, -0.05) is 26.3 Å². The van der Waals surface area contributed by atoms with E-state index in [4.69, 9.17) is 9.47 Å². The number of nitrogens with zero attached hydrogens (tertiary/aromatic N) is 1. The summed E-state index contributed by atoms with van der Waals surface area (Å²) in [5.74, 6) is -3.32. The van der Waals surface area contributed by atoms with Crippen LogP contribution in [0.3, 0.4) is 0 Å². The van der Waals surface area contributed by atoms with Crippen LogP contribution in [0.25, 0.3) is 10.9 Å². The molecule has 0 spiro atoms. The number of hydrogen-bond acceptors (Lipinski definition) is 8. The first-order valence-corrected chi connectivity index (χ1v) is 16.4. The third-order valence-electron chi connectivity index (χ3n) is 8.85. The van der Waals surface area contributed by atoms with Crippen LogP contribution in [0.2, 0.25) is 0 Å². The highest BCUT2D eigenvalue weighted by atomic mass is 19.4. The van der Waals surface area contributed by atoms with Gasteiger partial charge in [0.25, 0.3) is 0 Å². The maximum Gasteiger partial charge on any atom is 0.433 e. The SMILES string of the molecule is COc1cccc2[nH]c(C(=O)C[C@@H](CC(C)C)C(=O)N[C@@H](C[C@@H]3CCCCC3=O)C(=O)COC(=O)c3c(C)cc(C(F)(F)F)nc3C)cc12. The van der Waals surface area contributed by atoms with Gasteiger partial charge in [-0.05, 0) is 75.3 Å². The van der Waals surface area contributed by atoms with Gasteiger partial charge < -0.3 is 19.8 Å². The average Bonchev–Trinajstić information content (AvgIpc) is 3.48.